The van der Waals surface area contributed by atoms with Crippen molar-refractivity contribution in [1.82, 2.24) is 9.62 Å². The zero-order chi connectivity index (χ0) is 21.5. The predicted molar refractivity (Wildman–Crippen MR) is 109 cm³/mol. The van der Waals surface area contributed by atoms with Crippen LogP contribution in [0, 0.1) is 0 Å². The Kier molecular flexibility index (Phi) is 5.17. The van der Waals surface area contributed by atoms with Crippen LogP contribution in [0.4, 0.5) is 5.69 Å². The molecule has 156 valence electrons. The first-order chi connectivity index (χ1) is 14.2. The van der Waals surface area contributed by atoms with Crippen LogP contribution in [0.15, 0.2) is 47.4 Å². The summed E-state index contributed by atoms with van der Waals surface area (Å²) >= 11 is 0. The van der Waals surface area contributed by atoms with Gasteiger partial charge in [-0.3, -0.25) is 19.7 Å². The molecule has 2 N–H and O–H groups in total. The van der Waals surface area contributed by atoms with Gasteiger partial charge in [0.15, 0.2) is 0 Å². The quantitative estimate of drug-likeness (QED) is 0.724. The summed E-state index contributed by atoms with van der Waals surface area (Å²) in [5, 5.41) is 4.95. The van der Waals surface area contributed by atoms with Crippen molar-refractivity contribution in [2.75, 3.05) is 5.32 Å². The molecular weight excluding hydrogens is 406 g/mol. The van der Waals surface area contributed by atoms with E-state index >= 15 is 0 Å². The van der Waals surface area contributed by atoms with E-state index in [1.165, 1.54) is 23.4 Å². The fourth-order valence-corrected chi connectivity index (χ4v) is 5.31. The number of nitrogens with zero attached hydrogens (tertiary/aromatic N) is 1. The van der Waals surface area contributed by atoms with Gasteiger partial charge in [-0.2, -0.15) is 4.31 Å². The maximum absolute atomic E-state index is 13.1. The van der Waals surface area contributed by atoms with Gasteiger partial charge in [0.2, 0.25) is 27.7 Å². The van der Waals surface area contributed by atoms with Crippen molar-refractivity contribution in [3.8, 4) is 0 Å². The number of carbonyl (C=O) groups is 3. The van der Waals surface area contributed by atoms with Crippen molar-refractivity contribution in [2.45, 2.75) is 43.7 Å². The number of anilines is 1. The number of piperidine rings is 1. The van der Waals surface area contributed by atoms with Gasteiger partial charge in [0, 0.05) is 32.1 Å². The lowest BCUT2D eigenvalue weighted by atomic mass is 9.89. The van der Waals surface area contributed by atoms with Gasteiger partial charge in [0.05, 0.1) is 10.8 Å². The highest BCUT2D eigenvalue weighted by atomic mass is 32.2. The molecule has 3 amide bonds. The van der Waals surface area contributed by atoms with Gasteiger partial charge in [0.1, 0.15) is 0 Å². The molecule has 2 aliphatic heterocycles. The molecule has 0 bridgehead atoms. The first-order valence-corrected chi connectivity index (χ1v) is 11.0. The van der Waals surface area contributed by atoms with Crippen molar-refractivity contribution >= 4 is 33.4 Å². The number of amides is 3. The highest BCUT2D eigenvalue weighted by Gasteiger charge is 2.33. The van der Waals surface area contributed by atoms with E-state index in [1.807, 2.05) is 18.2 Å². The number of nitrogens with one attached hydrogen (secondary N) is 2. The average Bonchev–Trinajstić information content (AvgIpc) is 3.12. The molecule has 2 aromatic carbocycles. The summed E-state index contributed by atoms with van der Waals surface area (Å²) in [5.74, 6) is -1.27. The Morgan fingerprint density at radius 2 is 1.87 bits per heavy atom. The standard InChI is InChI=1S/C21H21N3O5S/c1-13(25)22-17-3-2-4-18(10-17)30(28,29)24-11-15-6-5-14(9-16(15)12-24)19-7-8-20(26)23-21(19)27/h2-6,9-10,19H,7-8,11-12H2,1H3,(H,22,25)(H,23,26,27). The number of hydrogen-bond acceptors (Lipinski definition) is 5. The maximum Gasteiger partial charge on any atom is 0.243 e. The van der Waals surface area contributed by atoms with Crippen molar-refractivity contribution in [3.05, 3.63) is 59.2 Å². The SMILES string of the molecule is CC(=O)Nc1cccc(S(=O)(=O)N2Cc3ccc(C4CCC(=O)NC4=O)cc3C2)c1. The molecule has 4 rings (SSSR count). The molecule has 0 saturated carbocycles. The third kappa shape index (κ3) is 3.86. The number of imide groups is 1. The number of sulfonamides is 1. The molecule has 1 unspecified atom stereocenters. The van der Waals surface area contributed by atoms with Crippen LogP contribution in [-0.4, -0.2) is 30.4 Å². The van der Waals surface area contributed by atoms with Crippen LogP contribution in [0.3, 0.4) is 0 Å². The van der Waals surface area contributed by atoms with Crippen molar-refractivity contribution < 1.29 is 22.8 Å². The Balaban J connectivity index is 1.56. The molecule has 2 heterocycles. The molecule has 0 spiro atoms. The second-order valence-electron chi connectivity index (χ2n) is 7.51. The van der Waals surface area contributed by atoms with E-state index in [4.69, 9.17) is 0 Å². The number of hydrogen-bond donors (Lipinski definition) is 2. The van der Waals surface area contributed by atoms with Crippen molar-refractivity contribution in [1.29, 1.82) is 0 Å². The zero-order valence-electron chi connectivity index (χ0n) is 16.3. The Morgan fingerprint density at radius 3 is 2.60 bits per heavy atom. The molecule has 30 heavy (non-hydrogen) atoms. The summed E-state index contributed by atoms with van der Waals surface area (Å²) < 4.78 is 27.6. The lowest BCUT2D eigenvalue weighted by Crippen LogP contribution is -2.39. The molecule has 0 radical (unpaired) electrons. The normalized spacial score (nSPS) is 19.3. The maximum atomic E-state index is 13.1. The van der Waals surface area contributed by atoms with Crippen LogP contribution in [0.5, 0.6) is 0 Å². The van der Waals surface area contributed by atoms with Gasteiger partial charge in [-0.25, -0.2) is 8.42 Å². The Morgan fingerprint density at radius 1 is 1.10 bits per heavy atom. The van der Waals surface area contributed by atoms with E-state index in [-0.39, 0.29) is 35.7 Å². The molecule has 2 aromatic rings. The van der Waals surface area contributed by atoms with E-state index in [0.717, 1.165) is 16.7 Å². The minimum atomic E-state index is -3.76. The van der Waals surface area contributed by atoms with Crippen LogP contribution in [0.1, 0.15) is 42.4 Å². The van der Waals surface area contributed by atoms with E-state index < -0.39 is 15.9 Å². The first-order valence-electron chi connectivity index (χ1n) is 9.57. The predicted octanol–water partition coefficient (Wildman–Crippen LogP) is 1.87. The molecule has 9 heteroatoms. The van der Waals surface area contributed by atoms with Crippen molar-refractivity contribution in [2.24, 2.45) is 0 Å². The van der Waals surface area contributed by atoms with Crippen LogP contribution < -0.4 is 10.6 Å². The smallest absolute Gasteiger partial charge is 0.243 e. The second kappa shape index (κ2) is 7.66. The molecule has 2 aliphatic rings. The Bertz CT molecular complexity index is 1160. The summed E-state index contributed by atoms with van der Waals surface area (Å²) in [6, 6.07) is 11.7. The number of benzene rings is 2. The van der Waals surface area contributed by atoms with Crippen molar-refractivity contribution in [3.63, 3.8) is 0 Å². The lowest BCUT2D eigenvalue weighted by Gasteiger charge is -2.21. The topological polar surface area (TPSA) is 113 Å². The molecular formula is C21H21N3O5S. The zero-order valence-corrected chi connectivity index (χ0v) is 17.2. The minimum Gasteiger partial charge on any atom is -0.326 e. The third-order valence-corrected chi connectivity index (χ3v) is 7.15. The Hall–Kier alpha value is -3.04. The van der Waals surface area contributed by atoms with E-state index in [0.29, 0.717) is 18.5 Å². The van der Waals surface area contributed by atoms with Gasteiger partial charge < -0.3 is 5.32 Å². The summed E-state index contributed by atoms with van der Waals surface area (Å²) in [5.41, 5.74) is 2.93. The minimum absolute atomic E-state index is 0.104. The monoisotopic (exact) mass is 427 g/mol. The van der Waals surface area contributed by atoms with Gasteiger partial charge in [-0.1, -0.05) is 24.3 Å². The molecule has 8 nitrogen and oxygen atoms in total. The summed E-state index contributed by atoms with van der Waals surface area (Å²) in [6.07, 6.45) is 0.736. The molecule has 1 atom stereocenters. The molecule has 1 saturated heterocycles. The highest BCUT2D eigenvalue weighted by Crippen LogP contribution is 2.33. The van der Waals surface area contributed by atoms with Crippen LogP contribution in [0.25, 0.3) is 0 Å². The Labute approximate surface area is 174 Å². The molecule has 1 fully saturated rings. The number of fused-ring (bicyclic) bond motifs is 1. The fourth-order valence-electron chi connectivity index (χ4n) is 3.87. The van der Waals surface area contributed by atoms with Crippen LogP contribution in [-0.2, 0) is 37.5 Å². The van der Waals surface area contributed by atoms with Crippen LogP contribution in [0.2, 0.25) is 0 Å². The van der Waals surface area contributed by atoms with Gasteiger partial charge >= 0.3 is 0 Å². The first kappa shape index (κ1) is 20.2. The number of carbonyl (C=O) groups excluding carboxylic acids is 3. The summed E-state index contributed by atoms with van der Waals surface area (Å²) in [7, 11) is -3.76. The van der Waals surface area contributed by atoms with Gasteiger partial charge in [0.25, 0.3) is 0 Å². The van der Waals surface area contributed by atoms with Gasteiger partial charge in [-0.05, 0) is 41.3 Å². The highest BCUT2D eigenvalue weighted by molar-refractivity contribution is 7.89. The number of rotatable bonds is 4. The van der Waals surface area contributed by atoms with E-state index in [2.05, 4.69) is 10.6 Å². The molecule has 0 aliphatic carbocycles. The fraction of sp³-hybridized carbons (Fsp3) is 0.286. The summed E-state index contributed by atoms with van der Waals surface area (Å²) in [6.45, 7) is 1.79. The lowest BCUT2D eigenvalue weighted by molar-refractivity contribution is -0.134. The van der Waals surface area contributed by atoms with Crippen LogP contribution >= 0.6 is 0 Å². The van der Waals surface area contributed by atoms with E-state index in [9.17, 15) is 22.8 Å². The summed E-state index contributed by atoms with van der Waals surface area (Å²) in [4.78, 5) is 34.9. The molecule has 0 aromatic heterocycles. The second-order valence-corrected chi connectivity index (χ2v) is 9.45. The average molecular weight is 427 g/mol. The third-order valence-electron chi connectivity index (χ3n) is 5.36. The van der Waals surface area contributed by atoms with Gasteiger partial charge in [-0.15, -0.1) is 0 Å². The largest absolute Gasteiger partial charge is 0.326 e. The van der Waals surface area contributed by atoms with E-state index in [1.54, 1.807) is 12.1 Å².